The highest BCUT2D eigenvalue weighted by Gasteiger charge is 2.43. The summed E-state index contributed by atoms with van der Waals surface area (Å²) in [5.74, 6) is 1.72. The predicted octanol–water partition coefficient (Wildman–Crippen LogP) is 8.83. The highest BCUT2D eigenvalue weighted by atomic mass is 28.4. The molecular weight excluding hydrogens is 424 g/mol. The maximum Gasteiger partial charge on any atom is 0.306 e. The van der Waals surface area contributed by atoms with Gasteiger partial charge in [-0.1, -0.05) is 78.9 Å². The second kappa shape index (κ2) is 13.5. The highest BCUT2D eigenvalue weighted by molar-refractivity contribution is 6.74. The summed E-state index contributed by atoms with van der Waals surface area (Å²) in [6.07, 6.45) is 19.8. The molecule has 0 radical (unpaired) electrons. The van der Waals surface area contributed by atoms with E-state index in [-0.39, 0.29) is 17.1 Å². The van der Waals surface area contributed by atoms with Crippen LogP contribution in [0.2, 0.25) is 18.1 Å². The third-order valence-electron chi connectivity index (χ3n) is 8.69. The van der Waals surface area contributed by atoms with Crippen LogP contribution in [0.3, 0.4) is 0 Å². The van der Waals surface area contributed by atoms with Crippen LogP contribution in [0.4, 0.5) is 0 Å². The van der Waals surface area contributed by atoms with Crippen LogP contribution in [0.5, 0.6) is 0 Å². The number of hydrogen-bond donors (Lipinski definition) is 0. The number of rotatable bonds is 11. The molecule has 5 atom stereocenters. The third kappa shape index (κ3) is 9.16. The van der Waals surface area contributed by atoms with Crippen molar-refractivity contribution >= 4 is 14.3 Å². The number of carbonyl (C=O) groups is 1. The van der Waals surface area contributed by atoms with Gasteiger partial charge >= 0.3 is 5.97 Å². The number of esters is 1. The monoisotopic (exact) mass is 478 g/mol. The quantitative estimate of drug-likeness (QED) is 0.129. The maximum absolute atomic E-state index is 12.3. The first-order valence-electron chi connectivity index (χ1n) is 14.1. The van der Waals surface area contributed by atoms with Gasteiger partial charge in [-0.3, -0.25) is 4.79 Å². The fraction of sp³-hybridized carbons (Fsp3) is 0.897. The minimum atomic E-state index is -1.79. The van der Waals surface area contributed by atoms with Crippen LogP contribution in [0.25, 0.3) is 0 Å². The fourth-order valence-electron chi connectivity index (χ4n) is 5.55. The minimum Gasteiger partial charge on any atom is -0.462 e. The average molecular weight is 479 g/mol. The second-order valence-corrected chi connectivity index (χ2v) is 17.2. The van der Waals surface area contributed by atoms with E-state index in [2.05, 4.69) is 59.9 Å². The summed E-state index contributed by atoms with van der Waals surface area (Å²) in [6.45, 7) is 16.5. The molecule has 1 saturated carbocycles. The number of unbranched alkanes of at least 4 members (excludes halogenated alkanes) is 4. The highest BCUT2D eigenvalue weighted by Crippen LogP contribution is 2.45. The van der Waals surface area contributed by atoms with Gasteiger partial charge in [-0.25, -0.2) is 0 Å². The van der Waals surface area contributed by atoms with Gasteiger partial charge in [0.1, 0.15) is 6.10 Å². The fourth-order valence-corrected chi connectivity index (χ4v) is 6.97. The third-order valence-corrected chi connectivity index (χ3v) is 13.2. The zero-order chi connectivity index (χ0) is 24.5. The summed E-state index contributed by atoms with van der Waals surface area (Å²) < 4.78 is 13.0. The van der Waals surface area contributed by atoms with Crippen molar-refractivity contribution in [1.82, 2.24) is 0 Å². The smallest absolute Gasteiger partial charge is 0.306 e. The molecule has 192 valence electrons. The Morgan fingerprint density at radius 3 is 2.55 bits per heavy atom. The molecule has 3 nitrogen and oxygen atoms in total. The second-order valence-electron chi connectivity index (χ2n) is 12.4. The van der Waals surface area contributed by atoms with Crippen molar-refractivity contribution in [3.8, 4) is 0 Å². The molecule has 1 fully saturated rings. The molecule has 0 saturated heterocycles. The Bertz CT molecular complexity index is 606. The van der Waals surface area contributed by atoms with E-state index in [1.807, 2.05) is 0 Å². The molecule has 1 aliphatic carbocycles. The lowest BCUT2D eigenvalue weighted by atomic mass is 9.83. The van der Waals surface area contributed by atoms with Gasteiger partial charge in [0.25, 0.3) is 0 Å². The van der Waals surface area contributed by atoms with Gasteiger partial charge in [-0.15, -0.1) is 0 Å². The molecule has 1 aliphatic heterocycles. The zero-order valence-corrected chi connectivity index (χ0v) is 24.0. The van der Waals surface area contributed by atoms with Crippen molar-refractivity contribution in [2.75, 3.05) is 0 Å². The Hall–Kier alpha value is -0.613. The largest absolute Gasteiger partial charge is 0.462 e. The van der Waals surface area contributed by atoms with Gasteiger partial charge in [0, 0.05) is 18.4 Å². The predicted molar refractivity (Wildman–Crippen MR) is 143 cm³/mol. The molecule has 0 aromatic carbocycles. The molecule has 2 aliphatic rings. The SMILES string of the molecule is CCCCCCCC(CC[C@@H]1[C@H]2C/C=C\CCCC(=O)O[C@H]2C[C@H]1C)O[Si](C)(C)C(C)(C)C. The van der Waals surface area contributed by atoms with Crippen LogP contribution in [-0.2, 0) is 14.0 Å². The van der Waals surface area contributed by atoms with E-state index in [1.165, 1.54) is 44.9 Å². The summed E-state index contributed by atoms with van der Waals surface area (Å²) in [4.78, 5) is 12.3. The Kier molecular flexibility index (Phi) is 11.7. The Balaban J connectivity index is 2.04. The Morgan fingerprint density at radius 1 is 1.12 bits per heavy atom. The topological polar surface area (TPSA) is 35.5 Å². The first-order chi connectivity index (χ1) is 15.5. The zero-order valence-electron chi connectivity index (χ0n) is 23.0. The molecule has 4 heteroatoms. The summed E-state index contributed by atoms with van der Waals surface area (Å²) in [6, 6.07) is 0. The van der Waals surface area contributed by atoms with Gasteiger partial charge < -0.3 is 9.16 Å². The van der Waals surface area contributed by atoms with E-state index >= 15 is 0 Å². The van der Waals surface area contributed by atoms with Crippen LogP contribution in [0, 0.1) is 17.8 Å². The van der Waals surface area contributed by atoms with Crippen molar-refractivity contribution < 1.29 is 14.0 Å². The summed E-state index contributed by atoms with van der Waals surface area (Å²) in [5, 5.41) is 0.245. The molecule has 1 heterocycles. The van der Waals surface area contributed by atoms with Crippen LogP contribution in [-0.4, -0.2) is 26.5 Å². The van der Waals surface area contributed by atoms with Crippen LogP contribution < -0.4 is 0 Å². The summed E-state index contributed by atoms with van der Waals surface area (Å²) in [7, 11) is -1.79. The van der Waals surface area contributed by atoms with E-state index in [4.69, 9.17) is 9.16 Å². The lowest BCUT2D eigenvalue weighted by molar-refractivity contribution is -0.151. The number of fused-ring (bicyclic) bond motifs is 1. The molecule has 1 unspecified atom stereocenters. The number of carbonyl (C=O) groups excluding carboxylic acids is 1. The molecular formula is C29H54O3Si. The van der Waals surface area contributed by atoms with Crippen molar-refractivity contribution in [2.24, 2.45) is 17.8 Å². The van der Waals surface area contributed by atoms with Crippen molar-refractivity contribution in [3.05, 3.63) is 12.2 Å². The molecule has 0 spiro atoms. The molecule has 0 bridgehead atoms. The molecule has 2 rings (SSSR count). The van der Waals surface area contributed by atoms with E-state index in [0.29, 0.717) is 30.3 Å². The summed E-state index contributed by atoms with van der Waals surface area (Å²) in [5.41, 5.74) is 0. The minimum absolute atomic E-state index is 0.0133. The lowest BCUT2D eigenvalue weighted by Gasteiger charge is -2.40. The van der Waals surface area contributed by atoms with E-state index in [1.54, 1.807) is 0 Å². The Labute approximate surface area is 206 Å². The van der Waals surface area contributed by atoms with Gasteiger partial charge in [0.05, 0.1) is 0 Å². The molecule has 0 aromatic heterocycles. The van der Waals surface area contributed by atoms with Gasteiger partial charge in [0.15, 0.2) is 8.32 Å². The lowest BCUT2D eigenvalue weighted by Crippen LogP contribution is -2.44. The van der Waals surface area contributed by atoms with Gasteiger partial charge in [-0.2, -0.15) is 0 Å². The number of allylic oxidation sites excluding steroid dienone is 2. The van der Waals surface area contributed by atoms with Crippen LogP contribution >= 0.6 is 0 Å². The number of hydrogen-bond acceptors (Lipinski definition) is 3. The first-order valence-corrected chi connectivity index (χ1v) is 17.0. The van der Waals surface area contributed by atoms with Crippen LogP contribution in [0.15, 0.2) is 12.2 Å². The van der Waals surface area contributed by atoms with Gasteiger partial charge in [-0.05, 0) is 74.9 Å². The van der Waals surface area contributed by atoms with E-state index < -0.39 is 8.32 Å². The van der Waals surface area contributed by atoms with Crippen molar-refractivity contribution in [3.63, 3.8) is 0 Å². The van der Waals surface area contributed by atoms with Gasteiger partial charge in [0.2, 0.25) is 0 Å². The van der Waals surface area contributed by atoms with Crippen molar-refractivity contribution in [1.29, 1.82) is 0 Å². The first kappa shape index (κ1) is 28.6. The van der Waals surface area contributed by atoms with E-state index in [9.17, 15) is 4.79 Å². The molecule has 33 heavy (non-hydrogen) atoms. The molecule has 0 aromatic rings. The molecule has 0 amide bonds. The molecule has 0 N–H and O–H groups in total. The number of ether oxygens (including phenoxy) is 1. The Morgan fingerprint density at radius 2 is 1.85 bits per heavy atom. The maximum atomic E-state index is 12.3. The normalized spacial score (nSPS) is 28.8. The standard InChI is InChI=1S/C29H54O3Si/c1-8-9-10-11-14-17-24(32-33(6,7)29(3,4)5)20-21-25-23(2)22-27-26(25)18-15-12-13-16-19-28(30)31-27/h12,15,23-27H,8-11,13-14,16-22H2,1-7H3/b15-12-/t23-,24?,25+,26-,27+/m1/s1. The summed E-state index contributed by atoms with van der Waals surface area (Å²) >= 11 is 0. The average Bonchev–Trinajstić information content (AvgIpc) is 3.01. The van der Waals surface area contributed by atoms with Crippen LogP contribution in [0.1, 0.15) is 118 Å². The van der Waals surface area contributed by atoms with Crippen molar-refractivity contribution in [2.45, 2.75) is 148 Å². The van der Waals surface area contributed by atoms with E-state index in [0.717, 1.165) is 32.1 Å².